The molecule has 0 spiro atoms. The van der Waals surface area contributed by atoms with E-state index in [-0.39, 0.29) is 6.04 Å². The first kappa shape index (κ1) is 13.0. The summed E-state index contributed by atoms with van der Waals surface area (Å²) in [4.78, 5) is 11.3. The number of hydrogen-bond acceptors (Lipinski definition) is 4. The Morgan fingerprint density at radius 1 is 1.62 bits per heavy atom. The van der Waals surface area contributed by atoms with Crippen LogP contribution in [0, 0.1) is 0 Å². The van der Waals surface area contributed by atoms with Gasteiger partial charge in [-0.15, -0.1) is 0 Å². The van der Waals surface area contributed by atoms with Crippen molar-refractivity contribution in [1.82, 2.24) is 5.32 Å². The van der Waals surface area contributed by atoms with Crippen molar-refractivity contribution in [1.29, 1.82) is 0 Å². The molecule has 1 rings (SSSR count). The molecule has 1 aromatic rings. The first-order valence-corrected chi connectivity index (χ1v) is 6.07. The second kappa shape index (κ2) is 5.32. The number of amides is 1. The van der Waals surface area contributed by atoms with Gasteiger partial charge in [0.1, 0.15) is 5.60 Å². The summed E-state index contributed by atoms with van der Waals surface area (Å²) in [5.74, 6) is 0. The lowest BCUT2D eigenvalue weighted by atomic mass is 10.2. The van der Waals surface area contributed by atoms with Gasteiger partial charge in [0.25, 0.3) is 0 Å². The fourth-order valence-corrected chi connectivity index (χ4v) is 1.84. The third-order valence-corrected chi connectivity index (χ3v) is 2.54. The second-order valence-electron chi connectivity index (χ2n) is 4.55. The molecule has 0 unspecified atom stereocenters. The summed E-state index contributed by atoms with van der Waals surface area (Å²) in [5, 5.41) is 6.58. The minimum absolute atomic E-state index is 0.182. The van der Waals surface area contributed by atoms with Gasteiger partial charge in [0, 0.05) is 12.6 Å². The number of carbonyl (C=O) groups is 1. The minimum atomic E-state index is -0.476. The highest BCUT2D eigenvalue weighted by Gasteiger charge is 2.16. The highest BCUT2D eigenvalue weighted by atomic mass is 32.1. The number of nitrogens with two attached hydrogens (primary N) is 1. The van der Waals surface area contributed by atoms with Gasteiger partial charge < -0.3 is 15.8 Å². The Balaban J connectivity index is 2.32. The van der Waals surface area contributed by atoms with Crippen molar-refractivity contribution in [3.05, 3.63) is 22.4 Å². The number of nitrogens with one attached hydrogen (secondary N) is 1. The molecule has 90 valence electrons. The number of carbonyl (C=O) groups excluding carboxylic acids is 1. The van der Waals surface area contributed by atoms with Crippen LogP contribution in [0.5, 0.6) is 0 Å². The van der Waals surface area contributed by atoms with E-state index >= 15 is 0 Å². The monoisotopic (exact) mass is 242 g/mol. The zero-order valence-corrected chi connectivity index (χ0v) is 10.6. The zero-order valence-electron chi connectivity index (χ0n) is 9.82. The molecule has 4 nitrogen and oxygen atoms in total. The molecule has 1 amide bonds. The normalized spacial score (nSPS) is 13.2. The average Bonchev–Trinajstić information content (AvgIpc) is 2.64. The lowest BCUT2D eigenvalue weighted by Gasteiger charge is -2.20. The molecular formula is C11H18N2O2S. The molecule has 3 N–H and O–H groups in total. The number of thiophene rings is 1. The van der Waals surface area contributed by atoms with Gasteiger partial charge in [-0.1, -0.05) is 0 Å². The van der Waals surface area contributed by atoms with Crippen molar-refractivity contribution < 1.29 is 9.53 Å². The molecule has 0 fully saturated rings. The summed E-state index contributed by atoms with van der Waals surface area (Å²) < 4.78 is 5.10. The Morgan fingerprint density at radius 2 is 2.31 bits per heavy atom. The molecule has 0 aliphatic carbocycles. The van der Waals surface area contributed by atoms with Crippen LogP contribution in [0.4, 0.5) is 4.79 Å². The third-order valence-electron chi connectivity index (χ3n) is 1.84. The number of hydrogen-bond donors (Lipinski definition) is 2. The van der Waals surface area contributed by atoms with Crippen LogP contribution in [0.25, 0.3) is 0 Å². The standard InChI is InChI=1S/C11H18N2O2S/c1-11(2,3)15-10(14)13-6-9(12)8-4-5-16-7-8/h4-5,7,9H,6,12H2,1-3H3,(H,13,14)/t9-/m0/s1. The van der Waals surface area contributed by atoms with Crippen LogP contribution in [0.15, 0.2) is 16.8 Å². The summed E-state index contributed by atoms with van der Waals surface area (Å²) in [6.45, 7) is 5.85. The SMILES string of the molecule is CC(C)(C)OC(=O)NC[C@H](N)c1ccsc1. The Bertz CT molecular complexity index is 330. The van der Waals surface area contributed by atoms with Crippen LogP contribution in [0.2, 0.25) is 0 Å². The molecule has 0 aromatic carbocycles. The third kappa shape index (κ3) is 4.63. The van der Waals surface area contributed by atoms with Crippen LogP contribution in [-0.4, -0.2) is 18.2 Å². The van der Waals surface area contributed by atoms with E-state index in [2.05, 4.69) is 5.32 Å². The van der Waals surface area contributed by atoms with Crippen LogP contribution < -0.4 is 11.1 Å². The largest absolute Gasteiger partial charge is 0.444 e. The number of alkyl carbamates (subject to hydrolysis) is 1. The summed E-state index contributed by atoms with van der Waals surface area (Å²) in [6, 6.07) is 1.77. The molecule has 0 bridgehead atoms. The molecule has 0 aliphatic rings. The summed E-state index contributed by atoms with van der Waals surface area (Å²) in [5.41, 5.74) is 6.44. The van der Waals surface area contributed by atoms with E-state index in [9.17, 15) is 4.79 Å². The first-order chi connectivity index (χ1) is 7.38. The van der Waals surface area contributed by atoms with Gasteiger partial charge in [-0.05, 0) is 43.2 Å². The van der Waals surface area contributed by atoms with E-state index in [4.69, 9.17) is 10.5 Å². The maximum Gasteiger partial charge on any atom is 0.407 e. The van der Waals surface area contributed by atoms with Gasteiger partial charge in [0.2, 0.25) is 0 Å². The van der Waals surface area contributed by atoms with Gasteiger partial charge in [-0.3, -0.25) is 0 Å². The topological polar surface area (TPSA) is 64.3 Å². The molecule has 1 heterocycles. The lowest BCUT2D eigenvalue weighted by Crippen LogP contribution is -2.36. The molecule has 1 atom stereocenters. The average molecular weight is 242 g/mol. The van der Waals surface area contributed by atoms with E-state index in [1.54, 1.807) is 11.3 Å². The van der Waals surface area contributed by atoms with Gasteiger partial charge in [0.05, 0.1) is 0 Å². The van der Waals surface area contributed by atoms with Gasteiger partial charge >= 0.3 is 6.09 Å². The second-order valence-corrected chi connectivity index (χ2v) is 5.33. The smallest absolute Gasteiger partial charge is 0.407 e. The first-order valence-electron chi connectivity index (χ1n) is 5.13. The molecule has 1 aromatic heterocycles. The van der Waals surface area contributed by atoms with E-state index in [0.717, 1.165) is 5.56 Å². The van der Waals surface area contributed by atoms with Crippen molar-refractivity contribution in [3.8, 4) is 0 Å². The summed E-state index contributed by atoms with van der Waals surface area (Å²) in [6.07, 6.45) is -0.432. The maximum atomic E-state index is 11.3. The molecular weight excluding hydrogens is 224 g/mol. The summed E-state index contributed by atoms with van der Waals surface area (Å²) in [7, 11) is 0. The molecule has 5 heteroatoms. The molecule has 0 saturated carbocycles. The van der Waals surface area contributed by atoms with Gasteiger partial charge in [-0.25, -0.2) is 4.79 Å². The Hall–Kier alpha value is -1.07. The fourth-order valence-electron chi connectivity index (χ4n) is 1.11. The van der Waals surface area contributed by atoms with Crippen LogP contribution in [-0.2, 0) is 4.74 Å². The van der Waals surface area contributed by atoms with E-state index in [1.165, 1.54) is 0 Å². The predicted octanol–water partition coefficient (Wildman–Crippen LogP) is 2.27. The van der Waals surface area contributed by atoms with Crippen LogP contribution in [0.3, 0.4) is 0 Å². The highest BCUT2D eigenvalue weighted by molar-refractivity contribution is 7.07. The van der Waals surface area contributed by atoms with Crippen molar-refractivity contribution in [2.24, 2.45) is 5.73 Å². The van der Waals surface area contributed by atoms with Crippen molar-refractivity contribution in [2.75, 3.05) is 6.54 Å². The van der Waals surface area contributed by atoms with Crippen LogP contribution >= 0.6 is 11.3 Å². The summed E-state index contributed by atoms with van der Waals surface area (Å²) >= 11 is 1.59. The minimum Gasteiger partial charge on any atom is -0.444 e. The van der Waals surface area contributed by atoms with Crippen LogP contribution in [0.1, 0.15) is 32.4 Å². The maximum absolute atomic E-state index is 11.3. The number of rotatable bonds is 3. The van der Waals surface area contributed by atoms with Crippen molar-refractivity contribution >= 4 is 17.4 Å². The van der Waals surface area contributed by atoms with E-state index in [0.29, 0.717) is 6.54 Å². The Morgan fingerprint density at radius 3 is 2.81 bits per heavy atom. The highest BCUT2D eigenvalue weighted by Crippen LogP contribution is 2.13. The van der Waals surface area contributed by atoms with Gasteiger partial charge in [-0.2, -0.15) is 11.3 Å². The molecule has 0 radical (unpaired) electrons. The van der Waals surface area contributed by atoms with Crippen molar-refractivity contribution in [2.45, 2.75) is 32.4 Å². The fraction of sp³-hybridized carbons (Fsp3) is 0.545. The van der Waals surface area contributed by atoms with Crippen molar-refractivity contribution in [3.63, 3.8) is 0 Å². The Labute approximate surface area is 99.8 Å². The molecule has 0 aliphatic heterocycles. The molecule has 16 heavy (non-hydrogen) atoms. The molecule has 0 saturated heterocycles. The van der Waals surface area contributed by atoms with Gasteiger partial charge in [0.15, 0.2) is 0 Å². The lowest BCUT2D eigenvalue weighted by molar-refractivity contribution is 0.0524. The quantitative estimate of drug-likeness (QED) is 0.854. The van der Waals surface area contributed by atoms with E-state index in [1.807, 2.05) is 37.6 Å². The Kier molecular flexibility index (Phi) is 4.32. The predicted molar refractivity (Wildman–Crippen MR) is 65.5 cm³/mol. The zero-order chi connectivity index (χ0) is 12.2. The van der Waals surface area contributed by atoms with E-state index < -0.39 is 11.7 Å². The number of ether oxygens (including phenoxy) is 1.